The molecular formula is C10H19ClN2O3. The lowest BCUT2D eigenvalue weighted by Crippen LogP contribution is -2.51. The van der Waals surface area contributed by atoms with Crippen molar-refractivity contribution in [1.82, 2.24) is 4.90 Å². The second-order valence-electron chi connectivity index (χ2n) is 4.12. The number of nitrogens with zero attached hydrogens (tertiary/aromatic N) is 1. The molecule has 2 N–H and O–H groups in total. The van der Waals surface area contributed by atoms with Crippen LogP contribution in [0.4, 0.5) is 0 Å². The van der Waals surface area contributed by atoms with Gasteiger partial charge >= 0.3 is 0 Å². The van der Waals surface area contributed by atoms with Crippen LogP contribution in [0, 0.1) is 0 Å². The van der Waals surface area contributed by atoms with Gasteiger partial charge in [0.25, 0.3) is 5.91 Å². The van der Waals surface area contributed by atoms with Gasteiger partial charge in [-0.1, -0.05) is 0 Å². The molecule has 16 heavy (non-hydrogen) atoms. The van der Waals surface area contributed by atoms with Crippen LogP contribution >= 0.6 is 12.4 Å². The number of ether oxygens (including phenoxy) is 2. The van der Waals surface area contributed by atoms with Gasteiger partial charge in [-0.25, -0.2) is 0 Å². The predicted molar refractivity (Wildman–Crippen MR) is 61.6 cm³/mol. The van der Waals surface area contributed by atoms with E-state index in [9.17, 15) is 4.79 Å². The van der Waals surface area contributed by atoms with E-state index in [0.717, 1.165) is 19.4 Å². The molecule has 94 valence electrons. The van der Waals surface area contributed by atoms with Crippen LogP contribution in [-0.2, 0) is 14.3 Å². The van der Waals surface area contributed by atoms with Crippen molar-refractivity contribution >= 4 is 18.3 Å². The molecule has 0 aliphatic carbocycles. The molecule has 0 bridgehead atoms. The zero-order valence-electron chi connectivity index (χ0n) is 9.26. The largest absolute Gasteiger partial charge is 0.376 e. The molecule has 2 saturated heterocycles. The summed E-state index contributed by atoms with van der Waals surface area (Å²) in [5, 5.41) is 0. The fourth-order valence-electron chi connectivity index (χ4n) is 2.04. The van der Waals surface area contributed by atoms with Crippen LogP contribution in [0.15, 0.2) is 0 Å². The molecule has 0 aromatic rings. The van der Waals surface area contributed by atoms with Gasteiger partial charge in [0, 0.05) is 19.1 Å². The second kappa shape index (κ2) is 6.39. The van der Waals surface area contributed by atoms with Crippen molar-refractivity contribution in [1.29, 1.82) is 0 Å². The van der Waals surface area contributed by atoms with E-state index in [-0.39, 0.29) is 24.4 Å². The third-order valence-electron chi connectivity index (χ3n) is 2.86. The number of carbonyl (C=O) groups is 1. The van der Waals surface area contributed by atoms with Gasteiger partial charge in [0.05, 0.1) is 19.8 Å². The van der Waals surface area contributed by atoms with Crippen LogP contribution in [0.1, 0.15) is 12.8 Å². The highest BCUT2D eigenvalue weighted by Crippen LogP contribution is 2.12. The summed E-state index contributed by atoms with van der Waals surface area (Å²) in [4.78, 5) is 13.8. The SMILES string of the molecule is Cl.NC1CCCN(C(=O)C2COCCO2)C1. The maximum Gasteiger partial charge on any atom is 0.254 e. The lowest BCUT2D eigenvalue weighted by atomic mass is 10.1. The molecule has 2 rings (SSSR count). The summed E-state index contributed by atoms with van der Waals surface area (Å²) in [5.74, 6) is 0.0323. The smallest absolute Gasteiger partial charge is 0.254 e. The number of halogens is 1. The summed E-state index contributed by atoms with van der Waals surface area (Å²) >= 11 is 0. The summed E-state index contributed by atoms with van der Waals surface area (Å²) in [6.07, 6.45) is 1.58. The van der Waals surface area contributed by atoms with Gasteiger partial charge in [0.15, 0.2) is 6.10 Å². The lowest BCUT2D eigenvalue weighted by Gasteiger charge is -2.34. The van der Waals surface area contributed by atoms with E-state index in [2.05, 4.69) is 0 Å². The molecule has 2 atom stereocenters. The molecule has 0 aromatic carbocycles. The Morgan fingerprint density at radius 3 is 2.81 bits per heavy atom. The number of piperidine rings is 1. The fraction of sp³-hybridized carbons (Fsp3) is 0.900. The number of rotatable bonds is 1. The second-order valence-corrected chi connectivity index (χ2v) is 4.12. The summed E-state index contributed by atoms with van der Waals surface area (Å²) in [5.41, 5.74) is 5.83. The number of nitrogens with two attached hydrogens (primary N) is 1. The third kappa shape index (κ3) is 3.31. The first-order chi connectivity index (χ1) is 7.27. The Morgan fingerprint density at radius 2 is 2.19 bits per heavy atom. The Kier molecular flexibility index (Phi) is 5.48. The van der Waals surface area contributed by atoms with Gasteiger partial charge < -0.3 is 20.1 Å². The summed E-state index contributed by atoms with van der Waals surface area (Å²) in [7, 11) is 0. The Hall–Kier alpha value is -0.360. The number of likely N-dealkylation sites (tertiary alicyclic amines) is 1. The fourth-order valence-corrected chi connectivity index (χ4v) is 2.04. The molecule has 2 heterocycles. The van der Waals surface area contributed by atoms with Gasteiger partial charge in [-0.15, -0.1) is 12.4 Å². The Labute approximate surface area is 102 Å². The quantitative estimate of drug-likeness (QED) is 0.699. The maximum absolute atomic E-state index is 12.0. The molecule has 0 saturated carbocycles. The van der Waals surface area contributed by atoms with E-state index in [1.807, 2.05) is 0 Å². The average Bonchev–Trinajstić information content (AvgIpc) is 2.29. The van der Waals surface area contributed by atoms with Crippen molar-refractivity contribution in [2.75, 3.05) is 32.9 Å². The van der Waals surface area contributed by atoms with Crippen LogP contribution in [-0.4, -0.2) is 55.9 Å². The van der Waals surface area contributed by atoms with Crippen LogP contribution in [0.2, 0.25) is 0 Å². The van der Waals surface area contributed by atoms with Crippen LogP contribution in [0.25, 0.3) is 0 Å². The Balaban J connectivity index is 0.00000128. The minimum absolute atomic E-state index is 0. The zero-order valence-corrected chi connectivity index (χ0v) is 10.1. The van der Waals surface area contributed by atoms with Crippen molar-refractivity contribution in [2.45, 2.75) is 25.0 Å². The average molecular weight is 251 g/mol. The minimum atomic E-state index is -0.413. The summed E-state index contributed by atoms with van der Waals surface area (Å²) in [6.45, 7) is 2.93. The molecular weight excluding hydrogens is 232 g/mol. The molecule has 6 heteroatoms. The Bertz CT molecular complexity index is 234. The topological polar surface area (TPSA) is 64.8 Å². The first kappa shape index (κ1) is 13.7. The maximum atomic E-state index is 12.0. The van der Waals surface area contributed by atoms with Gasteiger partial charge in [0.2, 0.25) is 0 Å². The standard InChI is InChI=1S/C10H18N2O3.ClH/c11-8-2-1-3-12(6-8)10(13)9-7-14-4-5-15-9;/h8-9H,1-7,11H2;1H. The zero-order chi connectivity index (χ0) is 10.7. The molecule has 2 aliphatic heterocycles. The van der Waals surface area contributed by atoms with Gasteiger partial charge in [-0.2, -0.15) is 0 Å². The number of carbonyl (C=O) groups excluding carboxylic acids is 1. The summed E-state index contributed by atoms with van der Waals surface area (Å²) in [6, 6.07) is 0.118. The highest BCUT2D eigenvalue weighted by molar-refractivity contribution is 5.85. The highest BCUT2D eigenvalue weighted by Gasteiger charge is 2.29. The van der Waals surface area contributed by atoms with Gasteiger partial charge in [-0.05, 0) is 12.8 Å². The summed E-state index contributed by atoms with van der Waals surface area (Å²) < 4.78 is 10.6. The van der Waals surface area contributed by atoms with E-state index in [1.54, 1.807) is 4.90 Å². The van der Waals surface area contributed by atoms with Crippen molar-refractivity contribution in [2.24, 2.45) is 5.73 Å². The lowest BCUT2D eigenvalue weighted by molar-refractivity contribution is -0.159. The third-order valence-corrected chi connectivity index (χ3v) is 2.86. The van der Waals surface area contributed by atoms with E-state index < -0.39 is 6.10 Å². The molecule has 2 unspecified atom stereocenters. The minimum Gasteiger partial charge on any atom is -0.376 e. The van der Waals surface area contributed by atoms with Crippen molar-refractivity contribution < 1.29 is 14.3 Å². The van der Waals surface area contributed by atoms with E-state index >= 15 is 0 Å². The predicted octanol–water partition coefficient (Wildman–Crippen LogP) is -0.227. The van der Waals surface area contributed by atoms with Crippen molar-refractivity contribution in [3.8, 4) is 0 Å². The molecule has 2 aliphatic rings. The van der Waals surface area contributed by atoms with Gasteiger partial charge in [0.1, 0.15) is 0 Å². The molecule has 0 aromatic heterocycles. The molecule has 1 amide bonds. The molecule has 0 spiro atoms. The van der Waals surface area contributed by atoms with E-state index in [4.69, 9.17) is 15.2 Å². The van der Waals surface area contributed by atoms with Crippen LogP contribution in [0.3, 0.4) is 0 Å². The van der Waals surface area contributed by atoms with Crippen molar-refractivity contribution in [3.63, 3.8) is 0 Å². The Morgan fingerprint density at radius 1 is 1.38 bits per heavy atom. The van der Waals surface area contributed by atoms with E-state index in [0.29, 0.717) is 26.4 Å². The monoisotopic (exact) mass is 250 g/mol. The molecule has 0 radical (unpaired) electrons. The normalized spacial score (nSPS) is 30.7. The van der Waals surface area contributed by atoms with Gasteiger partial charge in [-0.3, -0.25) is 4.79 Å². The number of hydrogen-bond acceptors (Lipinski definition) is 4. The van der Waals surface area contributed by atoms with Crippen LogP contribution < -0.4 is 5.73 Å². The number of amides is 1. The molecule has 5 nitrogen and oxygen atoms in total. The highest BCUT2D eigenvalue weighted by atomic mass is 35.5. The first-order valence-electron chi connectivity index (χ1n) is 5.51. The van der Waals surface area contributed by atoms with E-state index in [1.165, 1.54) is 0 Å². The molecule has 2 fully saturated rings. The van der Waals surface area contributed by atoms with Crippen molar-refractivity contribution in [3.05, 3.63) is 0 Å². The first-order valence-corrected chi connectivity index (χ1v) is 5.51. The number of hydrogen-bond donors (Lipinski definition) is 1. The van der Waals surface area contributed by atoms with Crippen LogP contribution in [0.5, 0.6) is 0 Å².